The molecule has 0 radical (unpaired) electrons. The average molecular weight is 371 g/mol. The number of rotatable bonds is 6. The molecule has 2 aromatic heterocycles. The molecule has 0 spiro atoms. The van der Waals surface area contributed by atoms with Crippen LogP contribution in [0, 0.1) is 0 Å². The van der Waals surface area contributed by atoms with Gasteiger partial charge in [-0.05, 0) is 55.7 Å². The molecule has 138 valence electrons. The normalized spacial score (nSPS) is 25.7. The molecule has 1 N–H and O–H groups in total. The Morgan fingerprint density at radius 1 is 1.31 bits per heavy atom. The molecule has 0 aliphatic carbocycles. The fourth-order valence-corrected chi connectivity index (χ4v) is 4.41. The quantitative estimate of drug-likeness (QED) is 0.789. The predicted molar refractivity (Wildman–Crippen MR) is 106 cm³/mol. The van der Waals surface area contributed by atoms with Crippen molar-refractivity contribution in [2.45, 2.75) is 50.9 Å². The van der Waals surface area contributed by atoms with Crippen LogP contribution in [-0.2, 0) is 11.3 Å². The fraction of sp³-hybridized carbons (Fsp3) is 0.500. The molecule has 3 atom stereocenters. The maximum atomic E-state index is 5.86. The minimum Gasteiger partial charge on any atom is -0.376 e. The molecular weight excluding hydrogens is 344 g/mol. The second kappa shape index (κ2) is 7.76. The van der Waals surface area contributed by atoms with Gasteiger partial charge in [-0.25, -0.2) is 0 Å². The molecule has 0 bridgehead atoms. The van der Waals surface area contributed by atoms with Gasteiger partial charge in [0.1, 0.15) is 0 Å². The van der Waals surface area contributed by atoms with Crippen molar-refractivity contribution in [2.75, 3.05) is 13.2 Å². The van der Waals surface area contributed by atoms with Crippen molar-refractivity contribution in [3.8, 4) is 0 Å². The zero-order chi connectivity index (χ0) is 17.9. The van der Waals surface area contributed by atoms with E-state index in [0.29, 0.717) is 6.10 Å². The predicted octanol–water partition coefficient (Wildman–Crippen LogP) is 3.44. The van der Waals surface area contributed by atoms with Crippen molar-refractivity contribution >= 4 is 17.3 Å². The lowest BCUT2D eigenvalue weighted by molar-refractivity contribution is 0.0953. The molecule has 4 heterocycles. The molecule has 0 amide bonds. The van der Waals surface area contributed by atoms with Crippen LogP contribution in [0.4, 0.5) is 0 Å². The second-order valence-electron chi connectivity index (χ2n) is 7.04. The Balaban J connectivity index is 1.68. The van der Waals surface area contributed by atoms with Crippen LogP contribution in [0.5, 0.6) is 0 Å². The molecule has 4 rings (SSSR count). The summed E-state index contributed by atoms with van der Waals surface area (Å²) in [5.74, 6) is 0. The van der Waals surface area contributed by atoms with Crippen molar-refractivity contribution < 1.29 is 4.74 Å². The standard InChI is InChI=1S/C20H26N4OS/c1-2-11-24-19(18(22-20(24)26)16-8-3-4-10-21-16)17-9-5-12-23(17)14-15-7-6-13-25-15/h3-5,8-10,12,15,18-19H,2,6-7,11,13-14H2,1H3,(H,22,26)/t15-,18+,19+/m0/s1. The molecule has 0 unspecified atom stereocenters. The molecular formula is C20H26N4OS. The van der Waals surface area contributed by atoms with E-state index in [2.05, 4.69) is 51.1 Å². The van der Waals surface area contributed by atoms with Crippen LogP contribution in [0.2, 0.25) is 0 Å². The summed E-state index contributed by atoms with van der Waals surface area (Å²) >= 11 is 5.67. The summed E-state index contributed by atoms with van der Waals surface area (Å²) in [6.07, 6.45) is 7.69. The summed E-state index contributed by atoms with van der Waals surface area (Å²) in [5, 5.41) is 4.33. The second-order valence-corrected chi connectivity index (χ2v) is 7.43. The van der Waals surface area contributed by atoms with E-state index in [1.165, 1.54) is 5.69 Å². The maximum absolute atomic E-state index is 5.86. The van der Waals surface area contributed by atoms with Crippen LogP contribution >= 0.6 is 12.2 Å². The topological polar surface area (TPSA) is 42.3 Å². The molecule has 26 heavy (non-hydrogen) atoms. The van der Waals surface area contributed by atoms with Crippen LogP contribution in [0.15, 0.2) is 42.7 Å². The van der Waals surface area contributed by atoms with Crippen LogP contribution < -0.4 is 5.32 Å². The van der Waals surface area contributed by atoms with E-state index in [0.717, 1.165) is 49.8 Å². The van der Waals surface area contributed by atoms with E-state index in [9.17, 15) is 0 Å². The summed E-state index contributed by atoms with van der Waals surface area (Å²) in [6.45, 7) is 4.92. The summed E-state index contributed by atoms with van der Waals surface area (Å²) in [4.78, 5) is 6.92. The van der Waals surface area contributed by atoms with Gasteiger partial charge in [-0.3, -0.25) is 4.98 Å². The van der Waals surface area contributed by atoms with Crippen molar-refractivity contribution in [1.82, 2.24) is 19.8 Å². The number of hydrogen-bond acceptors (Lipinski definition) is 3. The van der Waals surface area contributed by atoms with Gasteiger partial charge in [0.05, 0.1) is 23.9 Å². The minimum absolute atomic E-state index is 0.0633. The Kier molecular flexibility index (Phi) is 5.22. The Hall–Kier alpha value is -1.92. The number of hydrogen-bond donors (Lipinski definition) is 1. The molecule has 6 heteroatoms. The smallest absolute Gasteiger partial charge is 0.170 e. The van der Waals surface area contributed by atoms with E-state index in [-0.39, 0.29) is 12.1 Å². The van der Waals surface area contributed by atoms with Gasteiger partial charge in [0.25, 0.3) is 0 Å². The molecule has 2 saturated heterocycles. The van der Waals surface area contributed by atoms with Crippen molar-refractivity contribution in [3.63, 3.8) is 0 Å². The van der Waals surface area contributed by atoms with Gasteiger partial charge in [0, 0.05) is 37.8 Å². The highest BCUT2D eigenvalue weighted by atomic mass is 32.1. The molecule has 0 saturated carbocycles. The first kappa shape index (κ1) is 17.5. The SMILES string of the molecule is CCCN1C(=S)N[C@H](c2ccccn2)[C@H]1c1cccn1C[C@@H]1CCCO1. The molecule has 2 aliphatic heterocycles. The monoisotopic (exact) mass is 370 g/mol. The van der Waals surface area contributed by atoms with E-state index in [4.69, 9.17) is 17.0 Å². The number of pyridine rings is 1. The van der Waals surface area contributed by atoms with Crippen LogP contribution in [0.1, 0.15) is 49.7 Å². The Morgan fingerprint density at radius 2 is 2.23 bits per heavy atom. The van der Waals surface area contributed by atoms with Gasteiger partial charge >= 0.3 is 0 Å². The zero-order valence-electron chi connectivity index (χ0n) is 15.2. The van der Waals surface area contributed by atoms with Crippen molar-refractivity contribution in [1.29, 1.82) is 0 Å². The lowest BCUT2D eigenvalue weighted by atomic mass is 10.0. The Labute approximate surface area is 160 Å². The van der Waals surface area contributed by atoms with Gasteiger partial charge in [-0.2, -0.15) is 0 Å². The molecule has 0 aromatic carbocycles. The first-order chi connectivity index (χ1) is 12.8. The first-order valence-corrected chi connectivity index (χ1v) is 9.93. The highest BCUT2D eigenvalue weighted by molar-refractivity contribution is 7.80. The van der Waals surface area contributed by atoms with E-state index < -0.39 is 0 Å². The first-order valence-electron chi connectivity index (χ1n) is 9.52. The average Bonchev–Trinajstić information content (AvgIpc) is 3.39. The number of thiocarbonyl (C=S) groups is 1. The van der Waals surface area contributed by atoms with Gasteiger partial charge in [0.15, 0.2) is 5.11 Å². The van der Waals surface area contributed by atoms with Gasteiger partial charge < -0.3 is 19.5 Å². The fourth-order valence-electron chi connectivity index (χ4n) is 4.08. The molecule has 5 nitrogen and oxygen atoms in total. The van der Waals surface area contributed by atoms with E-state index in [1.54, 1.807) is 0 Å². The number of nitrogens with zero attached hydrogens (tertiary/aromatic N) is 3. The largest absolute Gasteiger partial charge is 0.376 e. The third-order valence-electron chi connectivity index (χ3n) is 5.25. The summed E-state index contributed by atoms with van der Waals surface area (Å²) in [7, 11) is 0. The molecule has 2 aromatic rings. The molecule has 2 fully saturated rings. The third-order valence-corrected chi connectivity index (χ3v) is 5.61. The van der Waals surface area contributed by atoms with Gasteiger partial charge in [-0.1, -0.05) is 13.0 Å². The molecule has 2 aliphatic rings. The zero-order valence-corrected chi connectivity index (χ0v) is 16.0. The maximum Gasteiger partial charge on any atom is 0.170 e. The van der Waals surface area contributed by atoms with Gasteiger partial charge in [-0.15, -0.1) is 0 Å². The van der Waals surface area contributed by atoms with Crippen molar-refractivity contribution in [2.24, 2.45) is 0 Å². The summed E-state index contributed by atoms with van der Waals surface area (Å²) < 4.78 is 8.20. The lowest BCUT2D eigenvalue weighted by Crippen LogP contribution is -2.31. The number of nitrogens with one attached hydrogen (secondary N) is 1. The Bertz CT molecular complexity index is 741. The van der Waals surface area contributed by atoms with Crippen molar-refractivity contribution in [3.05, 3.63) is 54.1 Å². The summed E-state index contributed by atoms with van der Waals surface area (Å²) in [6, 6.07) is 10.6. The highest BCUT2D eigenvalue weighted by Crippen LogP contribution is 2.39. The van der Waals surface area contributed by atoms with Crippen LogP contribution in [0.3, 0.4) is 0 Å². The number of aromatic nitrogens is 2. The van der Waals surface area contributed by atoms with Crippen LogP contribution in [-0.4, -0.2) is 38.8 Å². The lowest BCUT2D eigenvalue weighted by Gasteiger charge is -2.29. The highest BCUT2D eigenvalue weighted by Gasteiger charge is 2.40. The third kappa shape index (κ3) is 3.35. The van der Waals surface area contributed by atoms with Crippen LogP contribution in [0.25, 0.3) is 0 Å². The Morgan fingerprint density at radius 3 is 2.96 bits per heavy atom. The minimum atomic E-state index is 0.0633. The summed E-state index contributed by atoms with van der Waals surface area (Å²) in [5.41, 5.74) is 2.31. The van der Waals surface area contributed by atoms with E-state index in [1.807, 2.05) is 18.3 Å². The van der Waals surface area contributed by atoms with E-state index >= 15 is 0 Å². The van der Waals surface area contributed by atoms with Gasteiger partial charge in [0.2, 0.25) is 0 Å². The number of ether oxygens (including phenoxy) is 1.